The smallest absolute Gasteiger partial charge is 0.243 e. The molecule has 5 heteroatoms. The molecule has 0 heterocycles. The second-order valence-corrected chi connectivity index (χ2v) is 5.70. The molecule has 0 aromatic heterocycles. The van der Waals surface area contributed by atoms with Gasteiger partial charge in [-0.1, -0.05) is 30.3 Å². The maximum Gasteiger partial charge on any atom is 0.243 e. The zero-order chi connectivity index (χ0) is 16.9. The van der Waals surface area contributed by atoms with Crippen molar-refractivity contribution >= 4 is 12.1 Å². The first-order valence-corrected chi connectivity index (χ1v) is 7.83. The molecule has 0 saturated heterocycles. The zero-order valence-electron chi connectivity index (χ0n) is 13.7. The van der Waals surface area contributed by atoms with E-state index in [0.29, 0.717) is 17.4 Å². The van der Waals surface area contributed by atoms with Crippen molar-refractivity contribution in [2.24, 2.45) is 11.0 Å². The van der Waals surface area contributed by atoms with E-state index in [-0.39, 0.29) is 11.8 Å². The van der Waals surface area contributed by atoms with E-state index in [1.54, 1.807) is 32.6 Å². The Morgan fingerprint density at radius 3 is 2.67 bits per heavy atom. The van der Waals surface area contributed by atoms with E-state index in [9.17, 15) is 4.79 Å². The van der Waals surface area contributed by atoms with Crippen LogP contribution in [-0.4, -0.2) is 26.3 Å². The lowest BCUT2D eigenvalue weighted by Crippen LogP contribution is -2.20. The van der Waals surface area contributed by atoms with Crippen LogP contribution in [-0.2, 0) is 4.79 Å². The second-order valence-electron chi connectivity index (χ2n) is 5.70. The highest BCUT2D eigenvalue weighted by molar-refractivity contribution is 5.87. The molecule has 0 radical (unpaired) electrons. The average Bonchev–Trinajstić information content (AvgIpc) is 3.43. The SMILES string of the molecule is COc1ccc(OC)c(/C=N/NC(=O)[C@@H]2C[C@H]2c2ccccc2)c1. The number of carbonyl (C=O) groups is 1. The molecule has 0 spiro atoms. The molecule has 0 unspecified atom stereocenters. The molecule has 1 aliphatic carbocycles. The summed E-state index contributed by atoms with van der Waals surface area (Å²) in [6.07, 6.45) is 2.44. The van der Waals surface area contributed by atoms with Crippen LogP contribution in [0.1, 0.15) is 23.5 Å². The van der Waals surface area contributed by atoms with Crippen LogP contribution in [0.4, 0.5) is 0 Å². The van der Waals surface area contributed by atoms with Crippen LogP contribution < -0.4 is 14.9 Å². The van der Waals surface area contributed by atoms with Crippen LogP contribution in [0.3, 0.4) is 0 Å². The van der Waals surface area contributed by atoms with Gasteiger partial charge in [0.25, 0.3) is 0 Å². The van der Waals surface area contributed by atoms with Crippen molar-refractivity contribution in [2.75, 3.05) is 14.2 Å². The Kier molecular flexibility index (Phi) is 4.79. The fourth-order valence-corrected chi connectivity index (χ4v) is 2.74. The minimum absolute atomic E-state index is 0.00300. The first-order chi connectivity index (χ1) is 11.7. The highest BCUT2D eigenvalue weighted by atomic mass is 16.5. The van der Waals surface area contributed by atoms with Gasteiger partial charge in [0.15, 0.2) is 0 Å². The molecule has 3 rings (SSSR count). The van der Waals surface area contributed by atoms with E-state index >= 15 is 0 Å². The van der Waals surface area contributed by atoms with Gasteiger partial charge in [0.2, 0.25) is 5.91 Å². The third-order valence-corrected chi connectivity index (χ3v) is 4.17. The molecule has 5 nitrogen and oxygen atoms in total. The van der Waals surface area contributed by atoms with Gasteiger partial charge in [-0.05, 0) is 36.1 Å². The average molecular weight is 324 g/mol. The maximum absolute atomic E-state index is 12.2. The third kappa shape index (κ3) is 3.56. The molecular weight excluding hydrogens is 304 g/mol. The second kappa shape index (κ2) is 7.17. The molecule has 2 atom stereocenters. The van der Waals surface area contributed by atoms with Gasteiger partial charge in [-0.15, -0.1) is 0 Å². The Morgan fingerprint density at radius 2 is 1.96 bits per heavy atom. The van der Waals surface area contributed by atoms with Crippen LogP contribution in [0, 0.1) is 5.92 Å². The lowest BCUT2D eigenvalue weighted by Gasteiger charge is -2.06. The van der Waals surface area contributed by atoms with E-state index < -0.39 is 0 Å². The summed E-state index contributed by atoms with van der Waals surface area (Å²) in [5, 5.41) is 4.05. The van der Waals surface area contributed by atoms with Crippen LogP contribution in [0.5, 0.6) is 11.5 Å². The summed E-state index contributed by atoms with van der Waals surface area (Å²) in [4.78, 5) is 12.2. The molecule has 2 aromatic rings. The van der Waals surface area contributed by atoms with Crippen molar-refractivity contribution in [2.45, 2.75) is 12.3 Å². The van der Waals surface area contributed by atoms with Crippen LogP contribution >= 0.6 is 0 Å². The van der Waals surface area contributed by atoms with E-state index in [1.807, 2.05) is 24.3 Å². The number of ether oxygens (including phenoxy) is 2. The van der Waals surface area contributed by atoms with E-state index in [4.69, 9.17) is 9.47 Å². The summed E-state index contributed by atoms with van der Waals surface area (Å²) in [5.41, 5.74) is 4.56. The number of rotatable bonds is 6. The van der Waals surface area contributed by atoms with Gasteiger partial charge in [-0.25, -0.2) is 5.43 Å². The monoisotopic (exact) mass is 324 g/mol. The molecule has 1 N–H and O–H groups in total. The molecule has 0 bridgehead atoms. The maximum atomic E-state index is 12.2. The van der Waals surface area contributed by atoms with Crippen molar-refractivity contribution in [1.82, 2.24) is 5.43 Å². The number of methoxy groups -OCH3 is 2. The van der Waals surface area contributed by atoms with Gasteiger partial charge in [-0.3, -0.25) is 4.79 Å². The van der Waals surface area contributed by atoms with Crippen molar-refractivity contribution in [3.63, 3.8) is 0 Å². The van der Waals surface area contributed by atoms with Crippen molar-refractivity contribution in [1.29, 1.82) is 0 Å². The first kappa shape index (κ1) is 16.1. The lowest BCUT2D eigenvalue weighted by atomic mass is 10.1. The fourth-order valence-electron chi connectivity index (χ4n) is 2.74. The molecule has 124 valence electrons. The first-order valence-electron chi connectivity index (χ1n) is 7.83. The number of hydrazone groups is 1. The summed E-state index contributed by atoms with van der Waals surface area (Å²) < 4.78 is 10.5. The molecular formula is C19H20N2O3. The topological polar surface area (TPSA) is 59.9 Å². The third-order valence-electron chi connectivity index (χ3n) is 4.17. The van der Waals surface area contributed by atoms with Gasteiger partial charge in [0.05, 0.1) is 20.4 Å². The molecule has 24 heavy (non-hydrogen) atoms. The largest absolute Gasteiger partial charge is 0.497 e. The van der Waals surface area contributed by atoms with Crippen LogP contribution in [0.25, 0.3) is 0 Å². The van der Waals surface area contributed by atoms with Gasteiger partial charge in [0.1, 0.15) is 11.5 Å². The minimum atomic E-state index is -0.0537. The highest BCUT2D eigenvalue weighted by Gasteiger charge is 2.43. The van der Waals surface area contributed by atoms with Gasteiger partial charge in [0, 0.05) is 11.5 Å². The predicted molar refractivity (Wildman–Crippen MR) is 92.6 cm³/mol. The Labute approximate surface area is 141 Å². The summed E-state index contributed by atoms with van der Waals surface area (Å²) >= 11 is 0. The van der Waals surface area contributed by atoms with Crippen LogP contribution in [0.2, 0.25) is 0 Å². The number of nitrogens with one attached hydrogen (secondary N) is 1. The quantitative estimate of drug-likeness (QED) is 0.656. The summed E-state index contributed by atoms with van der Waals surface area (Å²) in [6, 6.07) is 15.5. The Balaban J connectivity index is 1.60. The Bertz CT molecular complexity index is 744. The van der Waals surface area contributed by atoms with Crippen LogP contribution in [0.15, 0.2) is 53.6 Å². The molecule has 1 aliphatic rings. The number of benzene rings is 2. The molecule has 1 fully saturated rings. The Hall–Kier alpha value is -2.82. The Morgan fingerprint density at radius 1 is 1.17 bits per heavy atom. The summed E-state index contributed by atoms with van der Waals surface area (Å²) in [7, 11) is 3.19. The zero-order valence-corrected chi connectivity index (χ0v) is 13.7. The number of hydrogen-bond donors (Lipinski definition) is 1. The molecule has 1 amide bonds. The van der Waals surface area contributed by atoms with E-state index in [0.717, 1.165) is 12.0 Å². The van der Waals surface area contributed by atoms with Gasteiger partial charge in [-0.2, -0.15) is 5.10 Å². The fraction of sp³-hybridized carbons (Fsp3) is 0.263. The molecule has 2 aromatic carbocycles. The summed E-state index contributed by atoms with van der Waals surface area (Å²) in [5.74, 6) is 1.61. The highest BCUT2D eigenvalue weighted by Crippen LogP contribution is 2.47. The molecule has 0 aliphatic heterocycles. The van der Waals surface area contributed by atoms with Gasteiger partial charge >= 0.3 is 0 Å². The summed E-state index contributed by atoms with van der Waals surface area (Å²) in [6.45, 7) is 0. The lowest BCUT2D eigenvalue weighted by molar-refractivity contribution is -0.122. The minimum Gasteiger partial charge on any atom is -0.497 e. The van der Waals surface area contributed by atoms with Crippen molar-refractivity contribution in [3.8, 4) is 11.5 Å². The van der Waals surface area contributed by atoms with E-state index in [1.165, 1.54) is 5.56 Å². The number of amides is 1. The normalized spacial score (nSPS) is 19.1. The standard InChI is InChI=1S/C19H20N2O3/c1-23-15-8-9-18(24-2)14(10-15)12-20-21-19(22)17-11-16(17)13-6-4-3-5-7-13/h3-10,12,16-17H,11H2,1-2H3,(H,21,22)/b20-12+/t16-,17+/m0/s1. The number of nitrogens with zero attached hydrogens (tertiary/aromatic N) is 1. The van der Waals surface area contributed by atoms with Gasteiger partial charge < -0.3 is 9.47 Å². The number of carbonyl (C=O) groups excluding carboxylic acids is 1. The van der Waals surface area contributed by atoms with Crippen molar-refractivity contribution in [3.05, 3.63) is 59.7 Å². The van der Waals surface area contributed by atoms with Crippen molar-refractivity contribution < 1.29 is 14.3 Å². The molecule has 1 saturated carbocycles. The van der Waals surface area contributed by atoms with E-state index in [2.05, 4.69) is 22.7 Å². The number of hydrogen-bond acceptors (Lipinski definition) is 4. The predicted octanol–water partition coefficient (Wildman–Crippen LogP) is 2.96.